The van der Waals surface area contributed by atoms with Crippen LogP contribution in [0.4, 0.5) is 22.7 Å². The zero-order valence-corrected chi connectivity index (χ0v) is 29.6. The third-order valence-electron chi connectivity index (χ3n) is 11.0. The molecule has 0 spiro atoms. The zero-order chi connectivity index (χ0) is 34.7. The van der Waals surface area contributed by atoms with Crippen molar-refractivity contribution in [1.29, 1.82) is 0 Å². The maximum atomic E-state index is 2.64. The Labute approximate surface area is 306 Å². The fourth-order valence-corrected chi connectivity index (χ4v) is 8.31. The molecular weight excluding hydrogens is 633 g/mol. The second-order valence-electron chi connectivity index (χ2n) is 13.9. The molecule has 0 unspecified atom stereocenters. The van der Waals surface area contributed by atoms with E-state index in [9.17, 15) is 0 Å². The maximum absolute atomic E-state index is 2.64. The number of fused-ring (bicyclic) bond motifs is 4. The van der Waals surface area contributed by atoms with Crippen molar-refractivity contribution in [3.63, 3.8) is 0 Å². The first kappa shape index (κ1) is 31.9. The molecule has 1 aliphatic heterocycles. The average Bonchev–Trinajstić information content (AvgIpc) is 3.20. The molecule has 1 aliphatic rings. The van der Waals surface area contributed by atoms with Gasteiger partial charge in [-0.2, -0.15) is 0 Å². The van der Waals surface area contributed by atoms with Crippen molar-refractivity contribution in [2.75, 3.05) is 72.0 Å². The van der Waals surface area contributed by atoms with E-state index < -0.39 is 0 Å². The van der Waals surface area contributed by atoms with E-state index in [4.69, 9.17) is 0 Å². The molecule has 8 aromatic carbocycles. The summed E-state index contributed by atoms with van der Waals surface area (Å²) in [6.07, 6.45) is 0. The van der Waals surface area contributed by atoms with Crippen LogP contribution in [0.15, 0.2) is 170 Å². The van der Waals surface area contributed by atoms with Gasteiger partial charge in [-0.15, -0.1) is 0 Å². The van der Waals surface area contributed by atoms with E-state index in [0.29, 0.717) is 0 Å². The Kier molecular flexibility index (Phi) is 8.80. The second kappa shape index (κ2) is 14.3. The second-order valence-corrected chi connectivity index (χ2v) is 13.9. The van der Waals surface area contributed by atoms with Crippen LogP contribution in [0, 0.1) is 0 Å². The lowest BCUT2D eigenvalue weighted by atomic mass is 10.1. The number of rotatable bonds is 4. The largest absolute Gasteiger partial charge is 0.367 e. The lowest BCUT2D eigenvalue weighted by Gasteiger charge is -2.38. The van der Waals surface area contributed by atoms with Crippen LogP contribution in [0.25, 0.3) is 43.1 Å². The molecule has 0 aliphatic carbocycles. The van der Waals surface area contributed by atoms with Gasteiger partial charge in [-0.1, -0.05) is 146 Å². The van der Waals surface area contributed by atoms with Crippen molar-refractivity contribution in [3.05, 3.63) is 170 Å². The average molecular weight is 677 g/mol. The quantitative estimate of drug-likeness (QED) is 0.184. The van der Waals surface area contributed by atoms with Gasteiger partial charge in [0.25, 0.3) is 0 Å². The first-order valence-electron chi connectivity index (χ1n) is 18.7. The summed E-state index contributed by atoms with van der Waals surface area (Å²) >= 11 is 0. The van der Waals surface area contributed by atoms with Crippen LogP contribution in [0.2, 0.25) is 0 Å². The third kappa shape index (κ3) is 6.26. The Morgan fingerprint density at radius 3 is 0.635 bits per heavy atom. The van der Waals surface area contributed by atoms with E-state index in [1.807, 2.05) is 0 Å². The molecule has 0 atom stereocenters. The van der Waals surface area contributed by atoms with E-state index in [0.717, 1.165) is 52.4 Å². The Bertz CT molecular complexity index is 2100. The molecule has 0 N–H and O–H groups in total. The molecule has 4 nitrogen and oxygen atoms in total. The van der Waals surface area contributed by atoms with Crippen LogP contribution >= 0.6 is 0 Å². The highest BCUT2D eigenvalue weighted by atomic mass is 15.3. The molecule has 256 valence electrons. The van der Waals surface area contributed by atoms with E-state index in [2.05, 4.69) is 189 Å². The van der Waals surface area contributed by atoms with Crippen LogP contribution in [-0.4, -0.2) is 52.4 Å². The summed E-state index contributed by atoms with van der Waals surface area (Å²) in [5, 5.41) is 10.4. The SMILES string of the molecule is c1ccc2c(N3CCN(c4cccc5ccccc45)CCN(c4cccc5ccccc45)CCN(c4cccc5ccccc45)CC3)cccc2c1. The molecule has 8 aromatic rings. The van der Waals surface area contributed by atoms with E-state index in [-0.39, 0.29) is 0 Å². The summed E-state index contributed by atoms with van der Waals surface area (Å²) in [5.74, 6) is 0. The number of hydrogen-bond acceptors (Lipinski definition) is 4. The Morgan fingerprint density at radius 1 is 0.212 bits per heavy atom. The van der Waals surface area contributed by atoms with Gasteiger partial charge in [0.1, 0.15) is 0 Å². The Morgan fingerprint density at radius 2 is 0.404 bits per heavy atom. The number of anilines is 4. The minimum atomic E-state index is 0.912. The monoisotopic (exact) mass is 676 g/mol. The third-order valence-corrected chi connectivity index (χ3v) is 11.0. The lowest BCUT2D eigenvalue weighted by molar-refractivity contribution is 0.656. The van der Waals surface area contributed by atoms with Gasteiger partial charge in [0.2, 0.25) is 0 Å². The highest BCUT2D eigenvalue weighted by Gasteiger charge is 2.21. The summed E-state index contributed by atoms with van der Waals surface area (Å²) in [4.78, 5) is 10.6. The van der Waals surface area contributed by atoms with Crippen LogP contribution in [-0.2, 0) is 0 Å². The Hall–Kier alpha value is -6.00. The Balaban J connectivity index is 1.15. The zero-order valence-electron chi connectivity index (χ0n) is 29.6. The number of hydrogen-bond donors (Lipinski definition) is 0. The van der Waals surface area contributed by atoms with Crippen molar-refractivity contribution < 1.29 is 0 Å². The molecule has 0 bridgehead atoms. The predicted molar refractivity (Wildman–Crippen MR) is 225 cm³/mol. The molecule has 52 heavy (non-hydrogen) atoms. The number of nitrogens with zero attached hydrogens (tertiary/aromatic N) is 4. The fourth-order valence-electron chi connectivity index (χ4n) is 8.31. The first-order chi connectivity index (χ1) is 25.8. The summed E-state index contributed by atoms with van der Waals surface area (Å²) in [6, 6.07) is 62.5. The van der Waals surface area contributed by atoms with Gasteiger partial charge < -0.3 is 19.6 Å². The van der Waals surface area contributed by atoms with Crippen LogP contribution < -0.4 is 19.6 Å². The van der Waals surface area contributed by atoms with Crippen LogP contribution in [0.3, 0.4) is 0 Å². The first-order valence-corrected chi connectivity index (χ1v) is 18.7. The molecule has 0 radical (unpaired) electrons. The molecule has 1 fully saturated rings. The standard InChI is InChI=1S/C48H44N4/c1-5-21-41-37(13-1)17-9-25-45(41)49-29-31-50(46-26-10-18-38-14-2-6-22-42(38)46)33-35-52(48-28-12-20-40-16-4-8-24-44(40)48)36-34-51(32-30-49)47-27-11-19-39-15-3-7-23-43(39)47/h1-28H,29-36H2. The molecule has 9 rings (SSSR count). The van der Waals surface area contributed by atoms with Gasteiger partial charge in [-0.3, -0.25) is 0 Å². The van der Waals surface area contributed by atoms with Crippen molar-refractivity contribution in [2.45, 2.75) is 0 Å². The predicted octanol–water partition coefficient (Wildman–Crippen LogP) is 10.6. The summed E-state index contributed by atoms with van der Waals surface area (Å²) < 4.78 is 0. The molecule has 1 saturated heterocycles. The summed E-state index contributed by atoms with van der Waals surface area (Å²) in [7, 11) is 0. The van der Waals surface area contributed by atoms with Gasteiger partial charge in [0.15, 0.2) is 0 Å². The molecule has 4 heteroatoms. The normalized spacial score (nSPS) is 14.9. The highest BCUT2D eigenvalue weighted by Crippen LogP contribution is 2.33. The van der Waals surface area contributed by atoms with Gasteiger partial charge in [-0.25, -0.2) is 0 Å². The van der Waals surface area contributed by atoms with Crippen molar-refractivity contribution >= 4 is 65.8 Å². The van der Waals surface area contributed by atoms with Gasteiger partial charge in [0.05, 0.1) is 0 Å². The van der Waals surface area contributed by atoms with Gasteiger partial charge in [-0.05, 0) is 45.8 Å². The fraction of sp³-hybridized carbons (Fsp3) is 0.167. The topological polar surface area (TPSA) is 13.0 Å². The van der Waals surface area contributed by atoms with E-state index in [1.165, 1.54) is 65.8 Å². The minimum Gasteiger partial charge on any atom is -0.367 e. The molecule has 0 amide bonds. The van der Waals surface area contributed by atoms with E-state index in [1.54, 1.807) is 0 Å². The van der Waals surface area contributed by atoms with Crippen molar-refractivity contribution in [1.82, 2.24) is 0 Å². The molecule has 1 heterocycles. The summed E-state index contributed by atoms with van der Waals surface area (Å²) in [5.41, 5.74) is 5.23. The molecular formula is C48H44N4. The van der Waals surface area contributed by atoms with E-state index >= 15 is 0 Å². The molecule has 0 saturated carbocycles. The van der Waals surface area contributed by atoms with Gasteiger partial charge in [0, 0.05) is 96.7 Å². The highest BCUT2D eigenvalue weighted by molar-refractivity contribution is 5.97. The smallest absolute Gasteiger partial charge is 0.0447 e. The van der Waals surface area contributed by atoms with Crippen LogP contribution in [0.5, 0.6) is 0 Å². The van der Waals surface area contributed by atoms with Crippen molar-refractivity contribution in [3.8, 4) is 0 Å². The number of benzene rings is 8. The van der Waals surface area contributed by atoms with Gasteiger partial charge >= 0.3 is 0 Å². The van der Waals surface area contributed by atoms with Crippen molar-refractivity contribution in [2.24, 2.45) is 0 Å². The van der Waals surface area contributed by atoms with Crippen LogP contribution in [0.1, 0.15) is 0 Å². The summed E-state index contributed by atoms with van der Waals surface area (Å²) in [6.45, 7) is 7.29. The lowest BCUT2D eigenvalue weighted by Crippen LogP contribution is -2.46. The molecule has 0 aromatic heterocycles. The minimum absolute atomic E-state index is 0.912. The maximum Gasteiger partial charge on any atom is 0.0447 e.